The van der Waals surface area contributed by atoms with E-state index in [1.165, 1.54) is 29.7 Å². The molecule has 0 saturated heterocycles. The van der Waals surface area contributed by atoms with Gasteiger partial charge in [0.1, 0.15) is 10.1 Å². The van der Waals surface area contributed by atoms with E-state index in [1.807, 2.05) is 12.2 Å². The monoisotopic (exact) mass is 560 g/mol. The van der Waals surface area contributed by atoms with Crippen molar-refractivity contribution in [3.05, 3.63) is 48.1 Å². The van der Waals surface area contributed by atoms with Crippen molar-refractivity contribution < 1.29 is 9.59 Å². The number of thioether (sulfide) groups is 2. The fourth-order valence-corrected chi connectivity index (χ4v) is 5.72. The SMILES string of the molecule is C=N/N=C(\SCNC(=O)C/C(N)=C/C=C\N)C1CCC[C@H](/C(=N/N=C)SCNC(=O)CC2=CC=CNN2)C1. The summed E-state index contributed by atoms with van der Waals surface area (Å²) < 4.78 is 0. The molecule has 206 valence electrons. The number of nitrogens with zero attached hydrogens (tertiary/aromatic N) is 4. The molecule has 0 aromatic carbocycles. The molecule has 2 rings (SSSR count). The lowest BCUT2D eigenvalue weighted by Crippen LogP contribution is -2.33. The average Bonchev–Trinajstić information content (AvgIpc) is 2.91. The van der Waals surface area contributed by atoms with E-state index in [2.05, 4.69) is 55.3 Å². The van der Waals surface area contributed by atoms with Crippen molar-refractivity contribution in [2.45, 2.75) is 38.5 Å². The Hall–Kier alpha value is -3.52. The van der Waals surface area contributed by atoms with Crippen LogP contribution in [0.2, 0.25) is 0 Å². The Bertz CT molecular complexity index is 1020. The van der Waals surface area contributed by atoms with Gasteiger partial charge in [-0.15, -0.1) is 10.2 Å². The molecule has 0 bridgehead atoms. The number of carbonyl (C=O) groups is 2. The smallest absolute Gasteiger partial charge is 0.226 e. The molecule has 1 aliphatic heterocycles. The van der Waals surface area contributed by atoms with Crippen molar-refractivity contribution in [2.75, 3.05) is 11.8 Å². The van der Waals surface area contributed by atoms with Crippen molar-refractivity contribution in [1.82, 2.24) is 21.5 Å². The lowest BCUT2D eigenvalue weighted by molar-refractivity contribution is -0.120. The molecule has 1 heterocycles. The predicted molar refractivity (Wildman–Crippen MR) is 159 cm³/mol. The molecule has 14 heteroatoms. The molecule has 12 nitrogen and oxygen atoms in total. The predicted octanol–water partition coefficient (Wildman–Crippen LogP) is 2.04. The second-order valence-corrected chi connectivity index (χ2v) is 10.3. The second kappa shape index (κ2) is 17.9. The van der Waals surface area contributed by atoms with E-state index in [1.54, 1.807) is 18.4 Å². The van der Waals surface area contributed by atoms with Crippen molar-refractivity contribution in [1.29, 1.82) is 0 Å². The molecule has 1 saturated carbocycles. The maximum Gasteiger partial charge on any atom is 0.226 e. The van der Waals surface area contributed by atoms with E-state index in [9.17, 15) is 9.59 Å². The minimum absolute atomic E-state index is 0.0762. The van der Waals surface area contributed by atoms with Crippen LogP contribution in [0.5, 0.6) is 0 Å². The third kappa shape index (κ3) is 11.7. The largest absolute Gasteiger partial charge is 0.405 e. The topological polar surface area (TPSA) is 184 Å². The zero-order valence-electron chi connectivity index (χ0n) is 21.3. The fourth-order valence-electron chi connectivity index (χ4n) is 3.83. The molecule has 2 atom stereocenters. The standard InChI is InChI=1S/C24H36N10O2S2/c1-27-33-23(37-15-29-21(35)13-19(26)8-4-10-25)17-6-3-7-18(12-17)24(34-28-2)38-16-30-22(36)14-20-9-5-11-31-32-20/h4-5,8-11,17-18,31-32H,1-3,6-7,12-16,25-26H2,(H,29,35)(H,30,36)/b10-4-,19-8-,33-23-,34-24-/t17?,18-/m0/s1. The first-order chi connectivity index (χ1) is 18.5. The van der Waals surface area contributed by atoms with Gasteiger partial charge in [0.25, 0.3) is 0 Å². The average molecular weight is 561 g/mol. The van der Waals surface area contributed by atoms with Crippen LogP contribution in [0.3, 0.4) is 0 Å². The maximum atomic E-state index is 12.3. The van der Waals surface area contributed by atoms with Gasteiger partial charge in [-0.2, -0.15) is 10.2 Å². The van der Waals surface area contributed by atoms with Gasteiger partial charge in [-0.3, -0.25) is 9.59 Å². The highest BCUT2D eigenvalue weighted by atomic mass is 32.2. The molecule has 38 heavy (non-hydrogen) atoms. The minimum atomic E-state index is -0.197. The van der Waals surface area contributed by atoms with Gasteiger partial charge in [-0.1, -0.05) is 29.9 Å². The maximum absolute atomic E-state index is 12.3. The summed E-state index contributed by atoms with van der Waals surface area (Å²) in [6.07, 6.45) is 13.9. The Balaban J connectivity index is 1.87. The van der Waals surface area contributed by atoms with Crippen molar-refractivity contribution in [3.63, 3.8) is 0 Å². The third-order valence-corrected chi connectivity index (χ3v) is 7.54. The number of nitrogens with two attached hydrogens (primary N) is 2. The first kappa shape index (κ1) is 30.7. The van der Waals surface area contributed by atoms with Crippen LogP contribution in [0, 0.1) is 11.8 Å². The molecule has 2 aliphatic rings. The summed E-state index contributed by atoms with van der Waals surface area (Å²) in [5.41, 5.74) is 18.1. The zero-order valence-corrected chi connectivity index (χ0v) is 22.9. The number of hydrazine groups is 1. The molecule has 0 aromatic rings. The quantitative estimate of drug-likeness (QED) is 0.0650. The second-order valence-electron chi connectivity index (χ2n) is 8.30. The van der Waals surface area contributed by atoms with Crippen LogP contribution in [-0.4, -0.2) is 47.1 Å². The Kier molecular flexibility index (Phi) is 14.4. The van der Waals surface area contributed by atoms with Gasteiger partial charge >= 0.3 is 0 Å². The Morgan fingerprint density at radius 3 is 2.26 bits per heavy atom. The number of nitrogens with one attached hydrogen (secondary N) is 4. The van der Waals surface area contributed by atoms with Gasteiger partial charge in [0, 0.05) is 42.9 Å². The number of hydrogen-bond donors (Lipinski definition) is 6. The van der Waals surface area contributed by atoms with Crippen LogP contribution >= 0.6 is 23.5 Å². The van der Waals surface area contributed by atoms with Crippen LogP contribution in [0.25, 0.3) is 0 Å². The summed E-state index contributed by atoms with van der Waals surface area (Å²) in [4.78, 5) is 24.4. The van der Waals surface area contributed by atoms with Crippen LogP contribution in [-0.2, 0) is 9.59 Å². The summed E-state index contributed by atoms with van der Waals surface area (Å²) in [6, 6.07) is 0. The summed E-state index contributed by atoms with van der Waals surface area (Å²) in [6.45, 7) is 7.01. The van der Waals surface area contributed by atoms with E-state index in [0.29, 0.717) is 17.5 Å². The van der Waals surface area contributed by atoms with Gasteiger partial charge in [0.05, 0.1) is 24.6 Å². The Labute approximate surface area is 231 Å². The minimum Gasteiger partial charge on any atom is -0.405 e. The summed E-state index contributed by atoms with van der Waals surface area (Å²) in [5, 5.41) is 23.4. The highest BCUT2D eigenvalue weighted by Gasteiger charge is 2.30. The van der Waals surface area contributed by atoms with Crippen molar-refractivity contribution in [3.8, 4) is 0 Å². The van der Waals surface area contributed by atoms with Crippen molar-refractivity contribution in [2.24, 2.45) is 43.7 Å². The fraction of sp³-hybridized carbons (Fsp3) is 0.417. The van der Waals surface area contributed by atoms with Gasteiger partial charge in [-0.25, -0.2) is 0 Å². The molecular weight excluding hydrogens is 524 g/mol. The van der Waals surface area contributed by atoms with Crippen LogP contribution in [0.15, 0.2) is 68.5 Å². The van der Waals surface area contributed by atoms with Gasteiger partial charge in [0.15, 0.2) is 0 Å². The first-order valence-electron chi connectivity index (χ1n) is 12.0. The normalized spacial score (nSPS) is 20.2. The van der Waals surface area contributed by atoms with E-state index in [-0.39, 0.29) is 36.5 Å². The molecule has 0 radical (unpaired) electrons. The van der Waals surface area contributed by atoms with Gasteiger partial charge < -0.3 is 33.0 Å². The van der Waals surface area contributed by atoms with E-state index in [0.717, 1.165) is 41.5 Å². The first-order valence-corrected chi connectivity index (χ1v) is 14.0. The van der Waals surface area contributed by atoms with Crippen LogP contribution in [0.1, 0.15) is 38.5 Å². The summed E-state index contributed by atoms with van der Waals surface area (Å²) >= 11 is 2.87. The molecule has 1 aliphatic carbocycles. The Morgan fingerprint density at radius 1 is 1.08 bits per heavy atom. The molecule has 1 unspecified atom stereocenters. The lowest BCUT2D eigenvalue weighted by Gasteiger charge is -2.29. The third-order valence-electron chi connectivity index (χ3n) is 5.54. The van der Waals surface area contributed by atoms with Crippen molar-refractivity contribution >= 4 is 58.9 Å². The molecule has 0 aromatic heterocycles. The van der Waals surface area contributed by atoms with Gasteiger partial charge in [0.2, 0.25) is 11.8 Å². The number of carbonyl (C=O) groups excluding carboxylic acids is 2. The van der Waals surface area contributed by atoms with Crippen LogP contribution in [0.4, 0.5) is 0 Å². The lowest BCUT2D eigenvalue weighted by atomic mass is 9.82. The van der Waals surface area contributed by atoms with E-state index < -0.39 is 0 Å². The van der Waals surface area contributed by atoms with Gasteiger partial charge in [-0.05, 0) is 49.8 Å². The summed E-state index contributed by atoms with van der Waals surface area (Å²) in [5.74, 6) is 0.691. The molecule has 2 amide bonds. The number of allylic oxidation sites excluding steroid dienone is 4. The molecule has 0 spiro atoms. The number of amides is 2. The Morgan fingerprint density at radius 2 is 1.71 bits per heavy atom. The number of hydrogen-bond acceptors (Lipinski definition) is 12. The zero-order chi connectivity index (χ0) is 27.6. The molecule has 8 N–H and O–H groups in total. The molecular formula is C24H36N10O2S2. The highest BCUT2D eigenvalue weighted by molar-refractivity contribution is 8.14. The van der Waals surface area contributed by atoms with Crippen LogP contribution < -0.4 is 33.0 Å². The summed E-state index contributed by atoms with van der Waals surface area (Å²) in [7, 11) is 0. The molecule has 1 fully saturated rings. The highest BCUT2D eigenvalue weighted by Crippen LogP contribution is 2.36. The van der Waals surface area contributed by atoms with E-state index in [4.69, 9.17) is 11.5 Å². The van der Waals surface area contributed by atoms with E-state index >= 15 is 0 Å². The number of rotatable bonds is 13.